The summed E-state index contributed by atoms with van der Waals surface area (Å²) in [4.78, 5) is 40.4. The number of amides is 3. The Morgan fingerprint density at radius 2 is 1.51 bits per heavy atom. The molecule has 1 aromatic heterocycles. The van der Waals surface area contributed by atoms with E-state index >= 15 is 0 Å². The first-order valence-corrected chi connectivity index (χ1v) is 16.3. The van der Waals surface area contributed by atoms with Gasteiger partial charge in [-0.3, -0.25) is 14.4 Å². The third-order valence-corrected chi connectivity index (χ3v) is 8.53. The van der Waals surface area contributed by atoms with Gasteiger partial charge in [0.15, 0.2) is 11.5 Å². The number of thioether (sulfide) groups is 1. The summed E-state index contributed by atoms with van der Waals surface area (Å²) in [6.07, 6.45) is 1.47. The lowest BCUT2D eigenvalue weighted by Crippen LogP contribution is -2.30. The zero-order valence-electron chi connectivity index (χ0n) is 26.7. The predicted octanol–water partition coefficient (Wildman–Crippen LogP) is 7.26. The van der Waals surface area contributed by atoms with Crippen molar-refractivity contribution in [1.29, 1.82) is 0 Å². The number of methoxy groups -OCH3 is 1. The van der Waals surface area contributed by atoms with E-state index in [0.717, 1.165) is 10.5 Å². The van der Waals surface area contributed by atoms with Crippen LogP contribution >= 0.6 is 11.8 Å². The molecule has 0 saturated heterocycles. The molecule has 11 heteroatoms. The highest BCUT2D eigenvalue weighted by Gasteiger charge is 2.19. The molecule has 1 aliphatic heterocycles. The lowest BCUT2D eigenvalue weighted by molar-refractivity contribution is -0.115. The maximum absolute atomic E-state index is 13.5. The number of nitrogens with one attached hydrogen (secondary N) is 3. The molecule has 6 rings (SSSR count). The zero-order valence-corrected chi connectivity index (χ0v) is 27.5. The van der Waals surface area contributed by atoms with Gasteiger partial charge in [0.25, 0.3) is 11.8 Å². The summed E-state index contributed by atoms with van der Waals surface area (Å²) in [6, 6.07) is 31.9. The van der Waals surface area contributed by atoms with Gasteiger partial charge in [-0.15, -0.1) is 11.8 Å². The number of carbonyl (C=O) groups excluding carboxylic acids is 3. The highest BCUT2D eigenvalue weighted by atomic mass is 32.2. The number of rotatable bonds is 11. The van der Waals surface area contributed by atoms with E-state index in [2.05, 4.69) is 16.0 Å². The van der Waals surface area contributed by atoms with Gasteiger partial charge in [-0.05, 0) is 79.7 Å². The fourth-order valence-electron chi connectivity index (χ4n) is 4.95. The Balaban J connectivity index is 1.13. The van der Waals surface area contributed by atoms with Crippen LogP contribution in [0.5, 0.6) is 17.2 Å². The minimum atomic E-state index is -0.549. The minimum absolute atomic E-state index is 0.0161. The fraction of sp³-hybridized carbons (Fsp3) is 0.132. The molecule has 0 bridgehead atoms. The Hall–Kier alpha value is -5.94. The average molecular weight is 676 g/mol. The van der Waals surface area contributed by atoms with E-state index in [-0.39, 0.29) is 11.6 Å². The number of hydrogen-bond acceptors (Lipinski definition) is 8. The van der Waals surface area contributed by atoms with Gasteiger partial charge in [-0.2, -0.15) is 0 Å². The minimum Gasteiger partial charge on any atom is -0.496 e. The van der Waals surface area contributed by atoms with Crippen molar-refractivity contribution in [3.63, 3.8) is 0 Å². The lowest BCUT2D eigenvalue weighted by atomic mass is 10.1. The number of ether oxygens (including phenoxy) is 3. The molecule has 1 atom stereocenters. The van der Waals surface area contributed by atoms with Crippen LogP contribution in [0.1, 0.15) is 23.0 Å². The normalized spacial score (nSPS) is 12.8. The molecule has 0 unspecified atom stereocenters. The van der Waals surface area contributed by atoms with Crippen molar-refractivity contribution in [3.05, 3.63) is 126 Å². The number of carbonyl (C=O) groups is 3. The zero-order chi connectivity index (χ0) is 34.2. The number of fused-ring (bicyclic) bond motifs is 1. The molecule has 0 radical (unpaired) electrons. The van der Waals surface area contributed by atoms with Crippen molar-refractivity contribution in [2.24, 2.45) is 0 Å². The Labute approximate surface area is 287 Å². The largest absolute Gasteiger partial charge is 0.496 e. The molecule has 4 aromatic carbocycles. The molecule has 248 valence electrons. The van der Waals surface area contributed by atoms with Crippen LogP contribution in [0.25, 0.3) is 17.4 Å². The fourth-order valence-corrected chi connectivity index (χ4v) is 5.81. The molecule has 0 fully saturated rings. The van der Waals surface area contributed by atoms with Crippen LogP contribution < -0.4 is 30.2 Å². The molecular formula is C38H33N3O7S. The van der Waals surface area contributed by atoms with Gasteiger partial charge in [0.05, 0.1) is 17.9 Å². The first-order valence-electron chi connectivity index (χ1n) is 15.5. The number of para-hydroxylation sites is 1. The van der Waals surface area contributed by atoms with Crippen molar-refractivity contribution in [2.75, 3.05) is 31.0 Å². The molecular weight excluding hydrogens is 642 g/mol. The van der Waals surface area contributed by atoms with Gasteiger partial charge in [-0.1, -0.05) is 30.3 Å². The summed E-state index contributed by atoms with van der Waals surface area (Å²) in [5.41, 5.74) is 2.24. The summed E-state index contributed by atoms with van der Waals surface area (Å²) in [5, 5.41) is 8.07. The van der Waals surface area contributed by atoms with Crippen LogP contribution in [-0.2, 0) is 9.59 Å². The summed E-state index contributed by atoms with van der Waals surface area (Å²) in [6.45, 7) is 2.77. The monoisotopic (exact) mass is 675 g/mol. The second-order valence-electron chi connectivity index (χ2n) is 10.9. The van der Waals surface area contributed by atoms with Gasteiger partial charge in [-0.25, -0.2) is 0 Å². The second-order valence-corrected chi connectivity index (χ2v) is 12.3. The van der Waals surface area contributed by atoms with Crippen LogP contribution in [0.15, 0.2) is 124 Å². The molecule has 1 aliphatic rings. The SMILES string of the molecule is COc1ccccc1-c1ccc(/C=C(/NC(=O)c2ccccc2)C(=O)Nc2ccc(S[C@@H](C)C(=O)Nc3ccc4c(c3)OCCO4)cc2)o1. The van der Waals surface area contributed by atoms with Gasteiger partial charge >= 0.3 is 0 Å². The smallest absolute Gasteiger partial charge is 0.272 e. The average Bonchev–Trinajstić information content (AvgIpc) is 3.60. The summed E-state index contributed by atoms with van der Waals surface area (Å²) in [7, 11) is 1.58. The molecule has 2 heterocycles. The molecule has 3 N–H and O–H groups in total. The van der Waals surface area contributed by atoms with E-state index in [4.69, 9.17) is 18.6 Å². The van der Waals surface area contributed by atoms with Crippen LogP contribution in [0.4, 0.5) is 11.4 Å². The topological polar surface area (TPSA) is 128 Å². The summed E-state index contributed by atoms with van der Waals surface area (Å²) in [5.74, 6) is 1.62. The molecule has 3 amide bonds. The van der Waals surface area contributed by atoms with Crippen molar-refractivity contribution in [1.82, 2.24) is 5.32 Å². The van der Waals surface area contributed by atoms with Gasteiger partial charge in [0.1, 0.15) is 36.2 Å². The molecule has 0 aliphatic carbocycles. The molecule has 10 nitrogen and oxygen atoms in total. The van der Waals surface area contributed by atoms with E-state index in [1.807, 2.05) is 43.3 Å². The summed E-state index contributed by atoms with van der Waals surface area (Å²) < 4.78 is 22.6. The second kappa shape index (κ2) is 15.3. The maximum Gasteiger partial charge on any atom is 0.272 e. The third-order valence-electron chi connectivity index (χ3n) is 7.42. The molecule has 5 aromatic rings. The Kier molecular flexibility index (Phi) is 10.3. The van der Waals surface area contributed by atoms with Crippen molar-refractivity contribution < 1.29 is 33.0 Å². The van der Waals surface area contributed by atoms with Gasteiger partial charge in [0.2, 0.25) is 5.91 Å². The first kappa shape index (κ1) is 33.0. The number of hydrogen-bond donors (Lipinski definition) is 3. The van der Waals surface area contributed by atoms with Crippen molar-refractivity contribution in [2.45, 2.75) is 17.1 Å². The van der Waals surface area contributed by atoms with Crippen LogP contribution in [0.3, 0.4) is 0 Å². The molecule has 0 saturated carbocycles. The van der Waals surface area contributed by atoms with Crippen molar-refractivity contribution >= 4 is 46.9 Å². The van der Waals surface area contributed by atoms with Crippen LogP contribution in [0.2, 0.25) is 0 Å². The standard InChI is InChI=1S/C38H33N3O7S/c1-24(36(42)40-27-14-18-34-35(22-27)47-21-20-46-34)49-29-16-12-26(13-17-29)39-38(44)31(41-37(43)25-8-4-3-5-9-25)23-28-15-19-33(48-28)30-10-6-7-11-32(30)45-2/h3-19,22-24H,20-21H2,1-2H3,(H,39,44)(H,40,42)(H,41,43)/b31-23+/t24-/m0/s1. The highest BCUT2D eigenvalue weighted by molar-refractivity contribution is 8.00. The highest BCUT2D eigenvalue weighted by Crippen LogP contribution is 2.34. The number of anilines is 2. The predicted molar refractivity (Wildman–Crippen MR) is 189 cm³/mol. The molecule has 49 heavy (non-hydrogen) atoms. The van der Waals surface area contributed by atoms with Crippen molar-refractivity contribution in [3.8, 4) is 28.6 Å². The summed E-state index contributed by atoms with van der Waals surface area (Å²) >= 11 is 1.37. The van der Waals surface area contributed by atoms with E-state index in [1.165, 1.54) is 17.8 Å². The van der Waals surface area contributed by atoms with E-state index in [0.29, 0.717) is 58.9 Å². The van der Waals surface area contributed by atoms with Crippen LogP contribution in [-0.4, -0.2) is 43.3 Å². The number of benzene rings is 4. The Morgan fingerprint density at radius 1 is 0.796 bits per heavy atom. The van der Waals surface area contributed by atoms with E-state index in [1.54, 1.807) is 79.9 Å². The maximum atomic E-state index is 13.5. The molecule has 0 spiro atoms. The Bertz CT molecular complexity index is 1990. The lowest BCUT2D eigenvalue weighted by Gasteiger charge is -2.19. The third kappa shape index (κ3) is 8.32. The van der Waals surface area contributed by atoms with Gasteiger partial charge < -0.3 is 34.6 Å². The first-order chi connectivity index (χ1) is 23.9. The van der Waals surface area contributed by atoms with Crippen LogP contribution in [0, 0.1) is 0 Å². The van der Waals surface area contributed by atoms with E-state index in [9.17, 15) is 14.4 Å². The Morgan fingerprint density at radius 3 is 2.29 bits per heavy atom. The van der Waals surface area contributed by atoms with Gasteiger partial charge in [0, 0.05) is 34.0 Å². The number of furan rings is 1. The van der Waals surface area contributed by atoms with E-state index < -0.39 is 17.1 Å². The quantitative estimate of drug-likeness (QED) is 0.0987.